The highest BCUT2D eigenvalue weighted by molar-refractivity contribution is 7.10. The Balaban J connectivity index is 1.60. The third-order valence-electron chi connectivity index (χ3n) is 4.40. The van der Waals surface area contributed by atoms with Gasteiger partial charge >= 0.3 is 4.87 Å². The Labute approximate surface area is 153 Å². The van der Waals surface area contributed by atoms with Crippen LogP contribution in [0.25, 0.3) is 11.6 Å². The summed E-state index contributed by atoms with van der Waals surface area (Å²) in [6, 6.07) is 7.66. The smallest absolute Gasteiger partial charge is 0.311 e. The van der Waals surface area contributed by atoms with Crippen LogP contribution < -0.4 is 4.87 Å². The van der Waals surface area contributed by atoms with E-state index >= 15 is 0 Å². The zero-order chi connectivity index (χ0) is 18.1. The maximum Gasteiger partial charge on any atom is 0.311 e. The number of hydrogen-bond acceptors (Lipinski definition) is 6. The second kappa shape index (κ2) is 6.89. The van der Waals surface area contributed by atoms with Gasteiger partial charge in [0.05, 0.1) is 23.8 Å². The van der Waals surface area contributed by atoms with Crippen molar-refractivity contribution in [3.8, 4) is 5.88 Å². The molecule has 1 amide bonds. The van der Waals surface area contributed by atoms with Crippen LogP contribution in [0.3, 0.4) is 0 Å². The van der Waals surface area contributed by atoms with Gasteiger partial charge in [-0.1, -0.05) is 29.5 Å². The predicted octanol–water partition coefficient (Wildman–Crippen LogP) is 1.73. The second-order valence-electron chi connectivity index (χ2n) is 6.01. The minimum Gasteiger partial charge on any atom is -0.493 e. The van der Waals surface area contributed by atoms with Crippen molar-refractivity contribution in [2.75, 3.05) is 26.3 Å². The molecule has 0 spiro atoms. The number of thiazole rings is 1. The number of carbonyl (C=O) groups is 1. The molecule has 1 fully saturated rings. The van der Waals surface area contributed by atoms with Crippen molar-refractivity contribution in [3.63, 3.8) is 0 Å². The van der Waals surface area contributed by atoms with Crippen LogP contribution >= 0.6 is 11.3 Å². The van der Waals surface area contributed by atoms with E-state index in [2.05, 4.69) is 4.99 Å². The number of rotatable bonds is 3. The van der Waals surface area contributed by atoms with Crippen LogP contribution in [0.4, 0.5) is 5.69 Å². The number of fused-ring (bicyclic) bond motifs is 1. The Morgan fingerprint density at radius 3 is 2.88 bits per heavy atom. The van der Waals surface area contributed by atoms with Gasteiger partial charge in [-0.2, -0.15) is 0 Å². The first kappa shape index (κ1) is 16.7. The molecule has 134 valence electrons. The average Bonchev–Trinajstić information content (AvgIpc) is 3.19. The number of carbonyl (C=O) groups excluding carboxylic acids is 1. The van der Waals surface area contributed by atoms with Crippen LogP contribution in [0, 0.1) is 0 Å². The summed E-state index contributed by atoms with van der Waals surface area (Å²) in [4.78, 5) is 30.6. The first-order chi connectivity index (χ1) is 12.6. The van der Waals surface area contributed by atoms with Crippen LogP contribution in [0.2, 0.25) is 0 Å². The van der Waals surface area contributed by atoms with Crippen molar-refractivity contribution in [1.82, 2.24) is 9.47 Å². The van der Waals surface area contributed by atoms with Crippen molar-refractivity contribution < 1.29 is 14.6 Å². The van der Waals surface area contributed by atoms with Gasteiger partial charge in [-0.3, -0.25) is 19.1 Å². The number of hydrogen-bond donors (Lipinski definition) is 1. The first-order valence-corrected chi connectivity index (χ1v) is 9.08. The van der Waals surface area contributed by atoms with Crippen molar-refractivity contribution in [1.29, 1.82) is 0 Å². The molecule has 2 aliphatic heterocycles. The summed E-state index contributed by atoms with van der Waals surface area (Å²) in [5.41, 5.74) is 2.63. The lowest BCUT2D eigenvalue weighted by molar-refractivity contribution is -0.136. The number of amides is 1. The van der Waals surface area contributed by atoms with E-state index in [0.717, 1.165) is 32.7 Å². The van der Waals surface area contributed by atoms with Crippen molar-refractivity contribution in [2.24, 2.45) is 4.99 Å². The number of para-hydroxylation sites is 1. The first-order valence-electron chi connectivity index (χ1n) is 8.27. The van der Waals surface area contributed by atoms with E-state index in [1.54, 1.807) is 17.2 Å². The normalized spacial score (nSPS) is 17.7. The Morgan fingerprint density at radius 2 is 2.08 bits per heavy atom. The fraction of sp³-hybridized carbons (Fsp3) is 0.278. The lowest BCUT2D eigenvalue weighted by Gasteiger charge is -2.26. The molecule has 0 atom stereocenters. The number of aromatic hydroxyl groups is 1. The van der Waals surface area contributed by atoms with E-state index in [-0.39, 0.29) is 23.2 Å². The molecule has 1 N–H and O–H groups in total. The molecule has 2 aromatic rings. The molecule has 1 aromatic heterocycles. The number of aromatic nitrogens is 1. The SMILES string of the molecule is O=C(Cn1c(O)c(/C=C2\C=Nc3ccccc32)sc1=O)N1CCOCC1. The van der Waals surface area contributed by atoms with Gasteiger partial charge in [0, 0.05) is 30.4 Å². The van der Waals surface area contributed by atoms with E-state index in [1.807, 2.05) is 24.3 Å². The monoisotopic (exact) mass is 371 g/mol. The highest BCUT2D eigenvalue weighted by Crippen LogP contribution is 2.34. The summed E-state index contributed by atoms with van der Waals surface area (Å²) in [5.74, 6) is -0.387. The van der Waals surface area contributed by atoms with Gasteiger partial charge in [-0.25, -0.2) is 0 Å². The number of aliphatic imine (C=N–C) groups is 1. The third-order valence-corrected chi connectivity index (χ3v) is 5.31. The van der Waals surface area contributed by atoms with E-state index < -0.39 is 0 Å². The number of nitrogens with zero attached hydrogens (tertiary/aromatic N) is 3. The van der Waals surface area contributed by atoms with Gasteiger partial charge in [-0.15, -0.1) is 0 Å². The maximum absolute atomic E-state index is 12.4. The minimum absolute atomic E-state index is 0.172. The van der Waals surface area contributed by atoms with Gasteiger partial charge in [-0.05, 0) is 12.1 Å². The van der Waals surface area contributed by atoms with Crippen molar-refractivity contribution in [3.05, 3.63) is 44.4 Å². The van der Waals surface area contributed by atoms with Crippen LogP contribution in [0.1, 0.15) is 10.4 Å². The molecule has 1 saturated heterocycles. The number of benzene rings is 1. The summed E-state index contributed by atoms with van der Waals surface area (Å²) < 4.78 is 6.34. The van der Waals surface area contributed by atoms with Gasteiger partial charge in [0.1, 0.15) is 6.54 Å². The molecule has 4 rings (SSSR count). The highest BCUT2D eigenvalue weighted by Gasteiger charge is 2.21. The Bertz CT molecular complexity index is 967. The Hall–Kier alpha value is -2.71. The van der Waals surface area contributed by atoms with Crippen LogP contribution in [-0.4, -0.2) is 53.0 Å². The quantitative estimate of drug-likeness (QED) is 0.891. The zero-order valence-corrected chi connectivity index (χ0v) is 14.7. The standard InChI is InChI=1S/C18H17N3O4S/c22-16(20-5-7-25-8-6-20)11-21-17(23)15(26-18(21)24)9-12-10-19-14-4-2-1-3-13(12)14/h1-4,9-10,23H,5-8,11H2/b12-9+. The molecule has 8 heteroatoms. The second-order valence-corrected chi connectivity index (χ2v) is 7.00. The fourth-order valence-electron chi connectivity index (χ4n) is 2.99. The molecule has 0 radical (unpaired) electrons. The van der Waals surface area contributed by atoms with E-state index in [4.69, 9.17) is 4.74 Å². The maximum atomic E-state index is 12.4. The van der Waals surface area contributed by atoms with Gasteiger partial charge in [0.25, 0.3) is 0 Å². The highest BCUT2D eigenvalue weighted by atomic mass is 32.1. The lowest BCUT2D eigenvalue weighted by Crippen LogP contribution is -2.43. The largest absolute Gasteiger partial charge is 0.493 e. The molecule has 0 unspecified atom stereocenters. The van der Waals surface area contributed by atoms with Crippen LogP contribution in [0.15, 0.2) is 34.1 Å². The van der Waals surface area contributed by atoms with Gasteiger partial charge in [0.2, 0.25) is 11.8 Å². The van der Waals surface area contributed by atoms with Crippen LogP contribution in [0.5, 0.6) is 5.88 Å². The molecule has 7 nitrogen and oxygen atoms in total. The Morgan fingerprint density at radius 1 is 1.31 bits per heavy atom. The van der Waals surface area contributed by atoms with Crippen molar-refractivity contribution >= 4 is 40.8 Å². The topological polar surface area (TPSA) is 84.1 Å². The molecule has 0 bridgehead atoms. The number of ether oxygens (including phenoxy) is 1. The summed E-state index contributed by atoms with van der Waals surface area (Å²) in [6.45, 7) is 1.82. The van der Waals surface area contributed by atoms with E-state index in [0.29, 0.717) is 31.2 Å². The Kier molecular flexibility index (Phi) is 4.44. The zero-order valence-electron chi connectivity index (χ0n) is 13.9. The molecule has 0 aliphatic carbocycles. The van der Waals surface area contributed by atoms with Crippen molar-refractivity contribution in [2.45, 2.75) is 6.54 Å². The number of morpholine rings is 1. The molecule has 2 aliphatic rings. The molecule has 0 saturated carbocycles. The molecule has 26 heavy (non-hydrogen) atoms. The summed E-state index contributed by atoms with van der Waals surface area (Å²) >= 11 is 0.915. The summed E-state index contributed by atoms with van der Waals surface area (Å²) in [7, 11) is 0. The van der Waals surface area contributed by atoms with Gasteiger partial charge < -0.3 is 14.7 Å². The summed E-state index contributed by atoms with van der Waals surface area (Å²) in [6.07, 6.45) is 3.43. The predicted molar refractivity (Wildman–Crippen MR) is 100 cm³/mol. The molecule has 3 heterocycles. The third kappa shape index (κ3) is 3.09. The molecular weight excluding hydrogens is 354 g/mol. The van der Waals surface area contributed by atoms with E-state index in [1.165, 1.54) is 0 Å². The lowest BCUT2D eigenvalue weighted by atomic mass is 10.1. The summed E-state index contributed by atoms with van der Waals surface area (Å²) in [5, 5.41) is 10.5. The van der Waals surface area contributed by atoms with Crippen LogP contribution in [-0.2, 0) is 16.1 Å². The molecule has 1 aromatic carbocycles. The number of allylic oxidation sites excluding steroid dienone is 1. The fourth-order valence-corrected chi connectivity index (χ4v) is 3.83. The average molecular weight is 371 g/mol. The van der Waals surface area contributed by atoms with Gasteiger partial charge in [0.15, 0.2) is 0 Å². The van der Waals surface area contributed by atoms with E-state index in [9.17, 15) is 14.7 Å². The molecular formula is C18H17N3O4S. The minimum atomic E-state index is -0.362.